The van der Waals surface area contributed by atoms with Gasteiger partial charge in [0.15, 0.2) is 12.1 Å². The van der Waals surface area contributed by atoms with Crippen LogP contribution in [0.2, 0.25) is 0 Å². The molecule has 0 amide bonds. The van der Waals surface area contributed by atoms with Crippen molar-refractivity contribution in [3.63, 3.8) is 0 Å². The molecule has 3 nitrogen and oxygen atoms in total. The number of aromatic nitrogens is 2. The second-order valence-electron chi connectivity index (χ2n) is 4.50. The fourth-order valence-electron chi connectivity index (χ4n) is 2.23. The molecule has 0 bridgehead atoms. The predicted molar refractivity (Wildman–Crippen MR) is 80.6 cm³/mol. The summed E-state index contributed by atoms with van der Waals surface area (Å²) >= 11 is 0. The van der Waals surface area contributed by atoms with E-state index in [0.29, 0.717) is 12.4 Å². The standard InChI is InChI=1S/C17H14N2O/c20-13-17-18-15-10-4-5-11-16(15)19(17)12-6-9-14-7-2-1-3-8-14/h1-11,13H,12H2/b9-6+. The average Bonchev–Trinajstić information content (AvgIpc) is 2.87. The van der Waals surface area contributed by atoms with Crippen LogP contribution in [0.3, 0.4) is 0 Å². The zero-order chi connectivity index (χ0) is 13.8. The van der Waals surface area contributed by atoms with E-state index in [1.807, 2.05) is 71.3 Å². The highest BCUT2D eigenvalue weighted by Gasteiger charge is 2.07. The van der Waals surface area contributed by atoms with Gasteiger partial charge in [0.2, 0.25) is 0 Å². The Kier molecular flexibility index (Phi) is 3.42. The highest BCUT2D eigenvalue weighted by Crippen LogP contribution is 2.15. The Labute approximate surface area is 117 Å². The van der Waals surface area contributed by atoms with E-state index in [0.717, 1.165) is 22.9 Å². The Bertz CT molecular complexity index is 757. The minimum atomic E-state index is 0.462. The molecule has 0 atom stereocenters. The number of imidazole rings is 1. The summed E-state index contributed by atoms with van der Waals surface area (Å²) in [5.74, 6) is 0.462. The van der Waals surface area contributed by atoms with E-state index >= 15 is 0 Å². The van der Waals surface area contributed by atoms with E-state index in [9.17, 15) is 4.79 Å². The lowest BCUT2D eigenvalue weighted by Gasteiger charge is -2.01. The van der Waals surface area contributed by atoms with Crippen molar-refractivity contribution in [3.05, 3.63) is 72.1 Å². The van der Waals surface area contributed by atoms with E-state index in [-0.39, 0.29) is 0 Å². The minimum absolute atomic E-state index is 0.462. The summed E-state index contributed by atoms with van der Waals surface area (Å²) in [6, 6.07) is 17.9. The predicted octanol–water partition coefficient (Wildman–Crippen LogP) is 3.56. The largest absolute Gasteiger partial charge is 0.318 e. The van der Waals surface area contributed by atoms with Gasteiger partial charge in [0, 0.05) is 6.54 Å². The zero-order valence-electron chi connectivity index (χ0n) is 10.9. The summed E-state index contributed by atoms with van der Waals surface area (Å²) in [7, 11) is 0. The minimum Gasteiger partial charge on any atom is -0.318 e. The van der Waals surface area contributed by atoms with Gasteiger partial charge in [-0.15, -0.1) is 0 Å². The third-order valence-corrected chi connectivity index (χ3v) is 3.19. The number of hydrogen-bond donors (Lipinski definition) is 0. The summed E-state index contributed by atoms with van der Waals surface area (Å²) in [5.41, 5.74) is 2.97. The maximum Gasteiger partial charge on any atom is 0.185 e. The molecule has 0 spiro atoms. The summed E-state index contributed by atoms with van der Waals surface area (Å²) < 4.78 is 1.92. The van der Waals surface area contributed by atoms with Gasteiger partial charge in [-0.1, -0.05) is 54.6 Å². The monoisotopic (exact) mass is 262 g/mol. The van der Waals surface area contributed by atoms with E-state index in [2.05, 4.69) is 4.98 Å². The molecule has 0 aliphatic carbocycles. The third-order valence-electron chi connectivity index (χ3n) is 3.19. The van der Waals surface area contributed by atoms with Gasteiger partial charge in [-0.3, -0.25) is 4.79 Å². The van der Waals surface area contributed by atoms with Crippen molar-refractivity contribution >= 4 is 23.4 Å². The molecule has 0 radical (unpaired) electrons. The van der Waals surface area contributed by atoms with Crippen LogP contribution in [-0.2, 0) is 6.54 Å². The van der Waals surface area contributed by atoms with Crippen LogP contribution in [0.5, 0.6) is 0 Å². The van der Waals surface area contributed by atoms with Gasteiger partial charge >= 0.3 is 0 Å². The van der Waals surface area contributed by atoms with Gasteiger partial charge < -0.3 is 4.57 Å². The first-order valence-electron chi connectivity index (χ1n) is 6.50. The average molecular weight is 262 g/mol. The van der Waals surface area contributed by atoms with Gasteiger partial charge in [-0.05, 0) is 17.7 Å². The molecule has 2 aromatic carbocycles. The van der Waals surface area contributed by atoms with Crippen molar-refractivity contribution < 1.29 is 4.79 Å². The van der Waals surface area contributed by atoms with Crippen molar-refractivity contribution in [1.29, 1.82) is 0 Å². The van der Waals surface area contributed by atoms with Gasteiger partial charge in [0.05, 0.1) is 11.0 Å². The number of rotatable bonds is 4. The number of allylic oxidation sites excluding steroid dienone is 1. The Morgan fingerprint density at radius 1 is 1.00 bits per heavy atom. The Morgan fingerprint density at radius 3 is 2.55 bits per heavy atom. The first kappa shape index (κ1) is 12.4. The molecule has 0 unspecified atom stereocenters. The fourth-order valence-corrected chi connectivity index (χ4v) is 2.23. The first-order chi connectivity index (χ1) is 9.88. The van der Waals surface area contributed by atoms with Crippen LogP contribution in [0.1, 0.15) is 16.2 Å². The zero-order valence-corrected chi connectivity index (χ0v) is 10.9. The van der Waals surface area contributed by atoms with E-state index in [1.165, 1.54) is 0 Å². The molecule has 0 aliphatic heterocycles. The van der Waals surface area contributed by atoms with Crippen molar-refractivity contribution in [3.8, 4) is 0 Å². The van der Waals surface area contributed by atoms with Crippen LogP contribution < -0.4 is 0 Å². The van der Waals surface area contributed by atoms with Crippen LogP contribution in [-0.4, -0.2) is 15.8 Å². The second kappa shape index (κ2) is 5.53. The van der Waals surface area contributed by atoms with Crippen molar-refractivity contribution in [2.24, 2.45) is 0 Å². The number of carbonyl (C=O) groups is 1. The lowest BCUT2D eigenvalue weighted by Crippen LogP contribution is -2.00. The number of nitrogens with zero attached hydrogens (tertiary/aromatic N) is 2. The third kappa shape index (κ3) is 2.38. The molecule has 3 heteroatoms. The van der Waals surface area contributed by atoms with Gasteiger partial charge in [0.25, 0.3) is 0 Å². The summed E-state index contributed by atoms with van der Waals surface area (Å²) in [6.07, 6.45) is 4.89. The van der Waals surface area contributed by atoms with Crippen molar-refractivity contribution in [1.82, 2.24) is 9.55 Å². The molecule has 98 valence electrons. The Morgan fingerprint density at radius 2 is 1.75 bits per heavy atom. The number of carbonyl (C=O) groups excluding carboxylic acids is 1. The maximum absolute atomic E-state index is 11.1. The van der Waals surface area contributed by atoms with E-state index < -0.39 is 0 Å². The summed E-state index contributed by atoms with van der Waals surface area (Å²) in [6.45, 7) is 0.628. The molecule has 1 aromatic heterocycles. The van der Waals surface area contributed by atoms with E-state index in [4.69, 9.17) is 0 Å². The van der Waals surface area contributed by atoms with Gasteiger partial charge in [-0.25, -0.2) is 4.98 Å². The molecule has 0 saturated carbocycles. The molecule has 20 heavy (non-hydrogen) atoms. The molecule has 0 N–H and O–H groups in total. The molecule has 0 fully saturated rings. The topological polar surface area (TPSA) is 34.9 Å². The van der Waals surface area contributed by atoms with Crippen LogP contribution >= 0.6 is 0 Å². The molecule has 3 rings (SSSR count). The Balaban J connectivity index is 1.90. The molecule has 0 saturated heterocycles. The Hall–Kier alpha value is -2.68. The normalized spacial score (nSPS) is 11.2. The quantitative estimate of drug-likeness (QED) is 0.674. The van der Waals surface area contributed by atoms with Crippen molar-refractivity contribution in [2.45, 2.75) is 6.54 Å². The SMILES string of the molecule is O=Cc1nc2ccccc2n1C/C=C/c1ccccc1. The summed E-state index contributed by atoms with van der Waals surface area (Å²) in [4.78, 5) is 15.4. The smallest absolute Gasteiger partial charge is 0.185 e. The summed E-state index contributed by atoms with van der Waals surface area (Å²) in [5, 5.41) is 0. The van der Waals surface area contributed by atoms with Crippen LogP contribution in [0, 0.1) is 0 Å². The highest BCUT2D eigenvalue weighted by molar-refractivity contribution is 5.83. The van der Waals surface area contributed by atoms with Crippen molar-refractivity contribution in [2.75, 3.05) is 0 Å². The number of benzene rings is 2. The number of fused-ring (bicyclic) bond motifs is 1. The van der Waals surface area contributed by atoms with Crippen LogP contribution in [0.4, 0.5) is 0 Å². The number of aldehydes is 1. The molecular formula is C17H14N2O. The lowest BCUT2D eigenvalue weighted by atomic mass is 10.2. The fraction of sp³-hybridized carbons (Fsp3) is 0.0588. The number of para-hydroxylation sites is 2. The molecule has 3 aromatic rings. The number of hydrogen-bond acceptors (Lipinski definition) is 2. The van der Waals surface area contributed by atoms with Crippen LogP contribution in [0.15, 0.2) is 60.7 Å². The van der Waals surface area contributed by atoms with E-state index in [1.54, 1.807) is 0 Å². The molecule has 0 aliphatic rings. The van der Waals surface area contributed by atoms with Gasteiger partial charge in [0.1, 0.15) is 0 Å². The van der Waals surface area contributed by atoms with Gasteiger partial charge in [-0.2, -0.15) is 0 Å². The molecular weight excluding hydrogens is 248 g/mol. The lowest BCUT2D eigenvalue weighted by molar-refractivity contribution is 0.111. The maximum atomic E-state index is 11.1. The highest BCUT2D eigenvalue weighted by atomic mass is 16.1. The first-order valence-corrected chi connectivity index (χ1v) is 6.50. The molecule has 1 heterocycles. The second-order valence-corrected chi connectivity index (χ2v) is 4.50. The van der Waals surface area contributed by atoms with Crippen LogP contribution in [0.25, 0.3) is 17.1 Å².